The van der Waals surface area contributed by atoms with Crippen molar-refractivity contribution in [2.24, 2.45) is 0 Å². The van der Waals surface area contributed by atoms with Crippen LogP contribution in [0.4, 0.5) is 0 Å². The Morgan fingerprint density at radius 3 is 3.00 bits per heavy atom. The molecule has 4 aliphatic rings. The van der Waals surface area contributed by atoms with Gasteiger partial charge in [-0.15, -0.1) is 0 Å². The maximum Gasteiger partial charge on any atom is 0.328 e. The van der Waals surface area contributed by atoms with Gasteiger partial charge < -0.3 is 0 Å². The molecule has 0 aromatic heterocycles. The third-order valence-corrected chi connectivity index (χ3v) is 7.69. The van der Waals surface area contributed by atoms with E-state index in [0.717, 1.165) is 11.7 Å². The van der Waals surface area contributed by atoms with Crippen molar-refractivity contribution in [1.29, 1.82) is 0 Å². The molecule has 0 spiro atoms. The molecule has 4 rings (SSSR count). The Morgan fingerprint density at radius 2 is 2.12 bits per heavy atom. The first-order valence-corrected chi connectivity index (χ1v) is 8.54. The highest BCUT2D eigenvalue weighted by Crippen LogP contribution is 2.42. The molecule has 4 nitrogen and oxygen atoms in total. The molecule has 1 atom stereocenters. The van der Waals surface area contributed by atoms with Gasteiger partial charge in [0.25, 0.3) is 5.11 Å². The molecule has 0 amide bonds. The van der Waals surface area contributed by atoms with Crippen LogP contribution < -0.4 is 0 Å². The van der Waals surface area contributed by atoms with E-state index in [1.165, 1.54) is 42.0 Å². The molecule has 1 saturated heterocycles. The Kier molecular flexibility index (Phi) is 2.26. The van der Waals surface area contributed by atoms with Crippen molar-refractivity contribution in [3.63, 3.8) is 0 Å². The van der Waals surface area contributed by atoms with E-state index in [1.807, 2.05) is 11.8 Å². The van der Waals surface area contributed by atoms with Gasteiger partial charge in [0.05, 0.1) is 6.54 Å². The van der Waals surface area contributed by atoms with Crippen LogP contribution in [0.15, 0.2) is 0 Å². The lowest BCUT2D eigenvalue weighted by atomic mass is 10.3. The van der Waals surface area contributed by atoms with E-state index in [-0.39, 0.29) is 10.9 Å². The van der Waals surface area contributed by atoms with Gasteiger partial charge in [-0.2, -0.15) is 8.88 Å². The predicted octanol–water partition coefficient (Wildman–Crippen LogP) is 0.930. The smallest absolute Gasteiger partial charge is 0.275 e. The molecule has 7 heteroatoms. The molecule has 4 heterocycles. The van der Waals surface area contributed by atoms with E-state index < -0.39 is 0 Å². The van der Waals surface area contributed by atoms with Gasteiger partial charge >= 0.3 is 5.17 Å². The minimum absolute atomic E-state index is 0.0681. The number of nitrogens with zero attached hydrogens (tertiary/aromatic N) is 4. The predicted molar refractivity (Wildman–Crippen MR) is 78.2 cm³/mol. The van der Waals surface area contributed by atoms with Crippen LogP contribution in [-0.2, 0) is 0 Å². The second-order valence-corrected chi connectivity index (χ2v) is 7.88. The van der Waals surface area contributed by atoms with Crippen LogP contribution in [0.3, 0.4) is 0 Å². The minimum atomic E-state index is 0.0681. The minimum Gasteiger partial charge on any atom is -0.275 e. The zero-order valence-electron chi connectivity index (χ0n) is 9.76. The van der Waals surface area contributed by atoms with E-state index >= 15 is 0 Å². The van der Waals surface area contributed by atoms with Gasteiger partial charge in [0.2, 0.25) is 0 Å². The zero-order chi connectivity index (χ0) is 11.6. The number of thiocarbonyl (C=S) groups is 1. The van der Waals surface area contributed by atoms with Crippen molar-refractivity contribution in [2.75, 3.05) is 32.4 Å². The summed E-state index contributed by atoms with van der Waals surface area (Å²) < 4.78 is 4.86. The molecule has 0 aromatic rings. The van der Waals surface area contributed by atoms with E-state index in [0.29, 0.717) is 0 Å². The summed E-state index contributed by atoms with van der Waals surface area (Å²) in [5.41, 5.74) is 0. The van der Waals surface area contributed by atoms with E-state index in [2.05, 4.69) is 25.1 Å². The van der Waals surface area contributed by atoms with Crippen molar-refractivity contribution in [2.45, 2.75) is 12.8 Å². The highest BCUT2D eigenvalue weighted by Gasteiger charge is 2.52. The number of rotatable bonds is 0. The molecule has 0 radical (unpaired) electrons. The highest BCUT2D eigenvalue weighted by atomic mass is 32.2. The second-order valence-electron chi connectivity index (χ2n) is 4.57. The van der Waals surface area contributed by atoms with E-state index in [4.69, 9.17) is 12.2 Å². The molecule has 0 aromatic carbocycles. The maximum atomic E-state index is 5.57. The first-order valence-electron chi connectivity index (χ1n) is 6.00. The van der Waals surface area contributed by atoms with Gasteiger partial charge in [-0.3, -0.25) is 9.21 Å². The molecular weight excluding hydrogens is 272 g/mol. The van der Waals surface area contributed by atoms with Crippen LogP contribution in [0.1, 0.15) is 12.8 Å². The molecule has 4 aliphatic heterocycles. The summed E-state index contributed by atoms with van der Waals surface area (Å²) in [7, 11) is 2.22. The van der Waals surface area contributed by atoms with Crippen LogP contribution in [0.25, 0.3) is 0 Å². The van der Waals surface area contributed by atoms with Crippen molar-refractivity contribution >= 4 is 50.2 Å². The van der Waals surface area contributed by atoms with Crippen LogP contribution in [0.2, 0.25) is 0 Å². The summed E-state index contributed by atoms with van der Waals surface area (Å²) in [5, 5.41) is 3.95. The lowest BCUT2D eigenvalue weighted by Gasteiger charge is -2.30. The van der Waals surface area contributed by atoms with Crippen molar-refractivity contribution in [1.82, 2.24) is 14.1 Å². The lowest BCUT2D eigenvalue weighted by molar-refractivity contribution is -0.353. The summed E-state index contributed by atoms with van der Waals surface area (Å²) in [4.78, 5) is 4.88. The zero-order valence-corrected chi connectivity index (χ0v) is 12.2. The molecule has 1 fully saturated rings. The second kappa shape index (κ2) is 3.61. The third-order valence-electron chi connectivity index (χ3n) is 3.54. The van der Waals surface area contributed by atoms with E-state index in [1.54, 1.807) is 0 Å². The van der Waals surface area contributed by atoms with E-state index in [9.17, 15) is 0 Å². The number of thioether (sulfide) groups is 1. The summed E-state index contributed by atoms with van der Waals surface area (Å²) >= 11 is 7.59. The van der Waals surface area contributed by atoms with Crippen LogP contribution >= 0.6 is 34.8 Å². The summed E-state index contributed by atoms with van der Waals surface area (Å²) in [6, 6.07) is 0. The number of hydrogen-bond donors (Lipinski definition) is 0. The molecule has 1 unspecified atom stereocenters. The third kappa shape index (κ3) is 1.25. The number of fused-ring (bicyclic) bond motifs is 2. The van der Waals surface area contributed by atoms with Gasteiger partial charge in [-0.1, -0.05) is 0 Å². The maximum absolute atomic E-state index is 5.57. The average Bonchev–Trinajstić information content (AvgIpc) is 2.83. The summed E-state index contributed by atoms with van der Waals surface area (Å²) in [6.07, 6.45) is 2.51. The Hall–Kier alpha value is -0.270. The van der Waals surface area contributed by atoms with Crippen molar-refractivity contribution < 1.29 is 3.98 Å². The first kappa shape index (κ1) is 10.6. The van der Waals surface area contributed by atoms with Crippen molar-refractivity contribution in [3.05, 3.63) is 0 Å². The van der Waals surface area contributed by atoms with Gasteiger partial charge in [0.1, 0.15) is 6.54 Å². The number of amidine groups is 1. The normalized spacial score (nSPS) is 31.4. The Labute approximate surface area is 113 Å². The topological polar surface area (TPSA) is 12.7 Å². The fraction of sp³-hybridized carbons (Fsp3) is 0.700. The lowest BCUT2D eigenvalue weighted by Crippen LogP contribution is -2.51. The average molecular weight is 287 g/mol. The van der Waals surface area contributed by atoms with Crippen LogP contribution in [0, 0.1) is 0 Å². The molecule has 0 saturated carbocycles. The highest BCUT2D eigenvalue weighted by molar-refractivity contribution is 8.16. The van der Waals surface area contributed by atoms with Gasteiger partial charge in [-0.05, 0) is 30.4 Å². The van der Waals surface area contributed by atoms with Gasteiger partial charge in [-0.25, -0.2) is 0 Å². The molecule has 92 valence electrons. The molecular formula is C10H15N4S3+. The molecule has 17 heavy (non-hydrogen) atoms. The van der Waals surface area contributed by atoms with Crippen LogP contribution in [0.5, 0.6) is 0 Å². The monoisotopic (exact) mass is 287 g/mol. The molecule has 0 N–H and O–H groups in total. The van der Waals surface area contributed by atoms with Gasteiger partial charge in [0, 0.05) is 25.8 Å². The quantitative estimate of drug-likeness (QED) is 0.484. The van der Waals surface area contributed by atoms with Crippen molar-refractivity contribution in [3.8, 4) is 0 Å². The standard InChI is InChI=1S/C10H15N4S3/c1-11-8(15)12-4-2-5-13-9-14(6-3-7-16-9)17(11)10(12)13/h2-7H2,1H3/q+1. The SMILES string of the molecule is CN1C(=S)N2CCCN3C4=[N+](CCCS4)S1=C23. The Morgan fingerprint density at radius 1 is 1.29 bits per heavy atom. The molecule has 0 aliphatic carbocycles. The fourth-order valence-electron chi connectivity index (χ4n) is 2.80. The molecule has 0 bridgehead atoms. The summed E-state index contributed by atoms with van der Waals surface area (Å²) in [6.45, 7) is 3.46. The van der Waals surface area contributed by atoms with Gasteiger partial charge in [0.15, 0.2) is 16.0 Å². The number of hydrogen-bond acceptors (Lipinski definition) is 3. The fourth-order valence-corrected chi connectivity index (χ4v) is 6.98. The Balaban J connectivity index is 1.88. The Bertz CT molecular complexity index is 484. The first-order chi connectivity index (χ1) is 8.29. The van der Waals surface area contributed by atoms with Crippen LogP contribution in [-0.4, -0.2) is 65.9 Å². The largest absolute Gasteiger partial charge is 0.328 e. The summed E-state index contributed by atoms with van der Waals surface area (Å²) in [5.74, 6) is 1.26.